The molecule has 45 heavy (non-hydrogen) atoms. The van der Waals surface area contributed by atoms with Gasteiger partial charge in [0.1, 0.15) is 18.1 Å². The van der Waals surface area contributed by atoms with Gasteiger partial charge in [0.25, 0.3) is 0 Å². The Morgan fingerprint density at radius 1 is 0.911 bits per heavy atom. The van der Waals surface area contributed by atoms with E-state index in [1.165, 1.54) is 56.2 Å². The number of aliphatic carboxylic acids is 1. The van der Waals surface area contributed by atoms with Gasteiger partial charge in [-0.15, -0.1) is 0 Å². The molecule has 7 rings (SSSR count). The minimum absolute atomic E-state index is 0.153. The number of carbonyl (C=O) groups is 1. The number of aryl methyl sites for hydroxylation is 1. The Kier molecular flexibility index (Phi) is 8.80. The lowest BCUT2D eigenvalue weighted by molar-refractivity contribution is -0.137. The lowest BCUT2D eigenvalue weighted by atomic mass is 9.48. The maximum atomic E-state index is 13.4. The smallest absolute Gasteiger partial charge is 0.416 e. The molecule has 3 aromatic rings. The molecule has 3 aromatic carbocycles. The molecule has 4 nitrogen and oxygen atoms in total. The van der Waals surface area contributed by atoms with E-state index in [-0.39, 0.29) is 5.41 Å². The summed E-state index contributed by atoms with van der Waals surface area (Å²) in [5, 5.41) is 9.19. The van der Waals surface area contributed by atoms with Crippen molar-refractivity contribution in [3.05, 3.63) is 113 Å². The zero-order valence-corrected chi connectivity index (χ0v) is 25.5. The number of hydrogen-bond acceptors (Lipinski definition) is 3. The number of carboxylic acid groups (broad SMARTS) is 1. The van der Waals surface area contributed by atoms with Gasteiger partial charge in [-0.25, -0.2) is 4.79 Å². The summed E-state index contributed by atoms with van der Waals surface area (Å²) in [7, 11) is 1.65. The number of alkyl halides is 3. The second-order valence-corrected chi connectivity index (χ2v) is 13.1. The van der Waals surface area contributed by atoms with Crippen molar-refractivity contribution in [3.63, 3.8) is 0 Å². The van der Waals surface area contributed by atoms with Crippen molar-refractivity contribution in [3.8, 4) is 11.5 Å². The Hall–Kier alpha value is -4.00. The van der Waals surface area contributed by atoms with Crippen molar-refractivity contribution in [2.45, 2.75) is 69.6 Å². The normalized spacial score (nSPS) is 24.3. The summed E-state index contributed by atoms with van der Waals surface area (Å²) < 4.78 is 52.0. The van der Waals surface area contributed by atoms with Crippen LogP contribution in [0.5, 0.6) is 11.5 Å². The molecule has 0 radical (unpaired) electrons. The topological polar surface area (TPSA) is 55.8 Å². The van der Waals surface area contributed by atoms with Crippen LogP contribution in [-0.2, 0) is 29.4 Å². The molecule has 0 heterocycles. The molecule has 236 valence electrons. The number of methoxy groups -OCH3 is 1. The van der Waals surface area contributed by atoms with E-state index in [9.17, 15) is 23.1 Å². The molecule has 4 aliphatic rings. The monoisotopic (exact) mass is 616 g/mol. The Labute approximate surface area is 262 Å². The zero-order chi connectivity index (χ0) is 31.6. The number of carboxylic acids is 1. The number of hydrogen-bond donors (Lipinski definition) is 1. The van der Waals surface area contributed by atoms with Crippen molar-refractivity contribution in [2.24, 2.45) is 17.8 Å². The Morgan fingerprint density at radius 3 is 2.20 bits per heavy atom. The van der Waals surface area contributed by atoms with Crippen LogP contribution in [0.2, 0.25) is 0 Å². The van der Waals surface area contributed by atoms with Crippen molar-refractivity contribution in [1.82, 2.24) is 0 Å². The molecular weight excluding hydrogens is 577 g/mol. The van der Waals surface area contributed by atoms with E-state index in [4.69, 9.17) is 9.47 Å². The van der Waals surface area contributed by atoms with Gasteiger partial charge < -0.3 is 14.6 Å². The van der Waals surface area contributed by atoms with Gasteiger partial charge in [-0.1, -0.05) is 42.5 Å². The Balaban J connectivity index is 1.26. The predicted octanol–water partition coefficient (Wildman–Crippen LogP) is 9.42. The average molecular weight is 617 g/mol. The van der Waals surface area contributed by atoms with Crippen LogP contribution in [0.15, 0.2) is 85.0 Å². The third-order valence-electron chi connectivity index (χ3n) is 9.93. The molecular formula is C38H39F3O4. The highest BCUT2D eigenvalue weighted by molar-refractivity contribution is 5.85. The summed E-state index contributed by atoms with van der Waals surface area (Å²) in [6.45, 7) is 0.437. The molecule has 0 aliphatic heterocycles. The van der Waals surface area contributed by atoms with Gasteiger partial charge in [-0.05, 0) is 133 Å². The molecule has 4 fully saturated rings. The van der Waals surface area contributed by atoms with Gasteiger partial charge in [0, 0.05) is 11.6 Å². The first-order chi connectivity index (χ1) is 21.6. The molecule has 7 heteroatoms. The minimum Gasteiger partial charge on any atom is -0.497 e. The van der Waals surface area contributed by atoms with Gasteiger partial charge in [0.05, 0.1) is 12.7 Å². The van der Waals surface area contributed by atoms with E-state index in [2.05, 4.69) is 18.2 Å². The first-order valence-electron chi connectivity index (χ1n) is 15.8. The number of rotatable bonds is 11. The fourth-order valence-corrected chi connectivity index (χ4v) is 8.32. The van der Waals surface area contributed by atoms with E-state index in [0.29, 0.717) is 30.6 Å². The fraction of sp³-hybridized carbons (Fsp3) is 0.395. The summed E-state index contributed by atoms with van der Waals surface area (Å²) in [5.41, 5.74) is 3.57. The fourth-order valence-electron chi connectivity index (χ4n) is 8.32. The summed E-state index contributed by atoms with van der Waals surface area (Å²) in [6.07, 6.45) is 8.51. The van der Waals surface area contributed by atoms with Crippen molar-refractivity contribution >= 4 is 11.5 Å². The number of ether oxygens (including phenoxy) is 2. The molecule has 0 saturated heterocycles. The number of allylic oxidation sites excluding steroid dienone is 3. The van der Waals surface area contributed by atoms with Crippen LogP contribution in [0.1, 0.15) is 72.8 Å². The van der Waals surface area contributed by atoms with Crippen LogP contribution in [0.25, 0.3) is 5.57 Å². The van der Waals surface area contributed by atoms with Gasteiger partial charge in [-0.2, -0.15) is 13.2 Å². The van der Waals surface area contributed by atoms with Gasteiger partial charge in [0.2, 0.25) is 0 Å². The van der Waals surface area contributed by atoms with Crippen molar-refractivity contribution < 1.29 is 32.5 Å². The summed E-state index contributed by atoms with van der Waals surface area (Å²) in [4.78, 5) is 11.2. The minimum atomic E-state index is -4.49. The molecule has 4 bridgehead atoms. The third kappa shape index (κ3) is 7.13. The lowest BCUT2D eigenvalue weighted by Gasteiger charge is -2.57. The first kappa shape index (κ1) is 31.0. The van der Waals surface area contributed by atoms with Gasteiger partial charge in [0.15, 0.2) is 0 Å². The number of halogens is 3. The molecule has 0 unspecified atom stereocenters. The summed E-state index contributed by atoms with van der Waals surface area (Å²) in [5.74, 6) is 2.94. The lowest BCUT2D eigenvalue weighted by Crippen LogP contribution is -2.48. The molecule has 0 aromatic heterocycles. The predicted molar refractivity (Wildman–Crippen MR) is 168 cm³/mol. The molecule has 0 amide bonds. The number of benzene rings is 3. The van der Waals surface area contributed by atoms with Crippen LogP contribution in [-0.4, -0.2) is 18.2 Å². The van der Waals surface area contributed by atoms with Crippen LogP contribution >= 0.6 is 0 Å². The van der Waals surface area contributed by atoms with E-state index >= 15 is 0 Å². The molecule has 1 N–H and O–H groups in total. The van der Waals surface area contributed by atoms with Crippen LogP contribution in [0, 0.1) is 17.8 Å². The maximum Gasteiger partial charge on any atom is 0.416 e. The Bertz CT molecular complexity index is 1550. The second kappa shape index (κ2) is 12.8. The van der Waals surface area contributed by atoms with Crippen LogP contribution in [0.3, 0.4) is 0 Å². The van der Waals surface area contributed by atoms with Gasteiger partial charge >= 0.3 is 12.1 Å². The highest BCUT2D eigenvalue weighted by atomic mass is 19.4. The Morgan fingerprint density at radius 2 is 1.58 bits per heavy atom. The third-order valence-corrected chi connectivity index (χ3v) is 9.93. The van der Waals surface area contributed by atoms with Crippen molar-refractivity contribution in [1.29, 1.82) is 0 Å². The first-order valence-corrected chi connectivity index (χ1v) is 15.8. The largest absolute Gasteiger partial charge is 0.497 e. The zero-order valence-electron chi connectivity index (χ0n) is 25.5. The average Bonchev–Trinajstić information content (AvgIpc) is 3.01. The van der Waals surface area contributed by atoms with Crippen LogP contribution in [0.4, 0.5) is 13.2 Å². The van der Waals surface area contributed by atoms with E-state index in [1.807, 2.05) is 24.3 Å². The molecule has 0 spiro atoms. The SMILES string of the molecule is COc1ccc(COc2cc(CC/C=C(/C=C\C(=O)O)c3cccc(C(F)(F)F)c3)ccc2C23CC4CC(CC(C4)C2)C3)cc1. The highest BCUT2D eigenvalue weighted by Gasteiger charge is 2.52. The molecule has 4 saturated carbocycles. The highest BCUT2D eigenvalue weighted by Crippen LogP contribution is 2.62. The van der Waals surface area contributed by atoms with Gasteiger partial charge in [-0.3, -0.25) is 0 Å². The van der Waals surface area contributed by atoms with E-state index in [1.54, 1.807) is 19.3 Å². The molecule has 0 atom stereocenters. The van der Waals surface area contributed by atoms with Crippen LogP contribution < -0.4 is 9.47 Å². The van der Waals surface area contributed by atoms with E-state index in [0.717, 1.165) is 58.6 Å². The quantitative estimate of drug-likeness (QED) is 0.172. The summed E-state index contributed by atoms with van der Waals surface area (Å²) >= 11 is 0. The summed E-state index contributed by atoms with van der Waals surface area (Å²) in [6, 6.07) is 19.4. The molecule has 4 aliphatic carbocycles. The van der Waals surface area contributed by atoms with Crippen molar-refractivity contribution in [2.75, 3.05) is 7.11 Å². The second-order valence-electron chi connectivity index (χ2n) is 13.1. The van der Waals surface area contributed by atoms with E-state index < -0.39 is 17.7 Å². The standard InChI is InChI=1S/C38H39F3O4/c1-44-33-12-8-26(9-13-33)24-45-35-19-25(10-14-34(35)37-21-27-16-28(22-37)18-29(17-27)23-37)4-2-5-30(11-15-36(42)43)31-6-3-7-32(20-31)38(39,40)41/h3,5-15,19-20,27-29H,2,4,16-18,21-24H2,1H3,(H,42,43)/b15-11-,30-5-. The maximum absolute atomic E-state index is 13.4.